The fraction of sp³-hybridized carbons (Fsp3) is 0.125. The Hall–Kier alpha value is -2.42. The lowest BCUT2D eigenvalue weighted by Gasteiger charge is -2.00. The molecule has 1 aromatic heterocycles. The van der Waals surface area contributed by atoms with E-state index in [2.05, 4.69) is 9.98 Å². The Bertz CT molecular complexity index is 803. The monoisotopic (exact) mass is 250 g/mol. The summed E-state index contributed by atoms with van der Waals surface area (Å²) in [5.41, 5.74) is 3.57. The quantitative estimate of drug-likeness (QED) is 0.660. The summed E-state index contributed by atoms with van der Waals surface area (Å²) in [7, 11) is 0. The molecule has 0 radical (unpaired) electrons. The van der Waals surface area contributed by atoms with Gasteiger partial charge < -0.3 is 4.42 Å². The van der Waals surface area contributed by atoms with Gasteiger partial charge in [0.25, 0.3) is 0 Å². The predicted molar refractivity (Wildman–Crippen MR) is 75.1 cm³/mol. The van der Waals surface area contributed by atoms with Crippen molar-refractivity contribution in [1.29, 1.82) is 0 Å². The molecule has 0 aliphatic rings. The molecule has 0 spiro atoms. The average Bonchev–Trinajstić information content (AvgIpc) is 2.38. The first-order valence-corrected chi connectivity index (χ1v) is 6.20. The highest BCUT2D eigenvalue weighted by molar-refractivity contribution is 5.76. The molecule has 0 bridgehead atoms. The van der Waals surface area contributed by atoms with Crippen molar-refractivity contribution in [2.75, 3.05) is 0 Å². The molecule has 0 saturated heterocycles. The van der Waals surface area contributed by atoms with Crippen LogP contribution in [0.3, 0.4) is 0 Å². The van der Waals surface area contributed by atoms with Crippen LogP contribution in [0, 0.1) is 13.8 Å². The van der Waals surface area contributed by atoms with Gasteiger partial charge in [0.2, 0.25) is 5.55 Å². The number of aryl methyl sites for hydroxylation is 2. The van der Waals surface area contributed by atoms with E-state index in [4.69, 9.17) is 4.42 Å². The summed E-state index contributed by atoms with van der Waals surface area (Å²) in [4.78, 5) is 8.95. The molecule has 0 amide bonds. The van der Waals surface area contributed by atoms with Crippen molar-refractivity contribution in [2.24, 2.45) is 4.99 Å². The molecular weight excluding hydrogens is 236 g/mol. The maximum Gasteiger partial charge on any atom is 0.230 e. The van der Waals surface area contributed by atoms with Gasteiger partial charge in [0.15, 0.2) is 5.89 Å². The minimum Gasteiger partial charge on any atom is -0.424 e. The second-order valence-corrected chi connectivity index (χ2v) is 4.51. The minimum absolute atomic E-state index is 0.605. The number of fused-ring (bicyclic) bond motifs is 1. The van der Waals surface area contributed by atoms with Gasteiger partial charge in [-0.15, -0.1) is 0 Å². The lowest BCUT2D eigenvalue weighted by molar-refractivity contribution is 0.456. The van der Waals surface area contributed by atoms with Gasteiger partial charge in [0.1, 0.15) is 0 Å². The van der Waals surface area contributed by atoms with E-state index in [-0.39, 0.29) is 0 Å². The number of para-hydroxylation sites is 1. The highest BCUT2D eigenvalue weighted by Gasteiger charge is 2.01. The molecule has 0 aliphatic heterocycles. The number of rotatable bonds is 1. The molecule has 3 nitrogen and oxygen atoms in total. The molecule has 3 aromatic rings. The molecule has 0 fully saturated rings. The smallest absolute Gasteiger partial charge is 0.230 e. The molecule has 1 heterocycles. The van der Waals surface area contributed by atoms with Crippen molar-refractivity contribution in [3.05, 3.63) is 65.5 Å². The van der Waals surface area contributed by atoms with Crippen molar-refractivity contribution in [2.45, 2.75) is 13.8 Å². The molecule has 3 heteroatoms. The second-order valence-electron chi connectivity index (χ2n) is 4.51. The fourth-order valence-corrected chi connectivity index (χ4v) is 2.04. The van der Waals surface area contributed by atoms with Crippen molar-refractivity contribution >= 4 is 16.6 Å². The molecule has 0 aliphatic carbocycles. The zero-order valence-electron chi connectivity index (χ0n) is 10.9. The molecule has 3 rings (SSSR count). The average molecular weight is 250 g/mol. The van der Waals surface area contributed by atoms with Crippen LogP contribution in [0.4, 0.5) is 5.69 Å². The first kappa shape index (κ1) is 11.7. The summed E-state index contributed by atoms with van der Waals surface area (Å²) in [6, 6.07) is 15.9. The van der Waals surface area contributed by atoms with Gasteiger partial charge in [0, 0.05) is 6.92 Å². The summed E-state index contributed by atoms with van der Waals surface area (Å²) < 4.78 is 5.66. The number of nitrogens with zero attached hydrogens (tertiary/aromatic N) is 2. The van der Waals surface area contributed by atoms with E-state index in [1.165, 1.54) is 5.56 Å². The van der Waals surface area contributed by atoms with E-state index in [0.29, 0.717) is 11.4 Å². The van der Waals surface area contributed by atoms with Gasteiger partial charge in [0.05, 0.1) is 16.6 Å². The zero-order valence-corrected chi connectivity index (χ0v) is 10.9. The van der Waals surface area contributed by atoms with Crippen LogP contribution in [-0.4, -0.2) is 4.98 Å². The number of aromatic nitrogens is 1. The van der Waals surface area contributed by atoms with Crippen LogP contribution in [0.1, 0.15) is 11.5 Å². The van der Waals surface area contributed by atoms with Gasteiger partial charge in [-0.1, -0.05) is 24.3 Å². The largest absolute Gasteiger partial charge is 0.424 e. The number of hydrogen-bond acceptors (Lipinski definition) is 3. The van der Waals surface area contributed by atoms with Crippen LogP contribution in [0.2, 0.25) is 0 Å². The van der Waals surface area contributed by atoms with Gasteiger partial charge in [-0.05, 0) is 36.8 Å². The molecule has 0 atom stereocenters. The van der Waals surface area contributed by atoms with E-state index in [1.807, 2.05) is 62.4 Å². The fourth-order valence-electron chi connectivity index (χ4n) is 2.04. The minimum atomic E-state index is 0.605. The molecule has 0 N–H and O–H groups in total. The van der Waals surface area contributed by atoms with Crippen LogP contribution in [0.25, 0.3) is 10.9 Å². The summed E-state index contributed by atoms with van der Waals surface area (Å²) in [6.07, 6.45) is 0. The van der Waals surface area contributed by atoms with Crippen LogP contribution in [0.15, 0.2) is 57.9 Å². The predicted octanol–water partition coefficient (Wildman–Crippen LogP) is 3.68. The van der Waals surface area contributed by atoms with Crippen LogP contribution in [0.5, 0.6) is 0 Å². The van der Waals surface area contributed by atoms with Crippen molar-refractivity contribution in [3.8, 4) is 0 Å². The molecule has 2 aromatic carbocycles. The van der Waals surface area contributed by atoms with E-state index in [9.17, 15) is 0 Å². The third kappa shape index (κ3) is 2.40. The Balaban J connectivity index is 2.30. The second kappa shape index (κ2) is 4.69. The maximum atomic E-state index is 5.66. The Morgan fingerprint density at radius 2 is 1.84 bits per heavy atom. The van der Waals surface area contributed by atoms with E-state index >= 15 is 0 Å². The van der Waals surface area contributed by atoms with E-state index < -0.39 is 0 Å². The molecular formula is C16H14N2O. The van der Waals surface area contributed by atoms with Gasteiger partial charge in [-0.2, -0.15) is 0 Å². The number of benzene rings is 2. The first-order valence-electron chi connectivity index (χ1n) is 6.20. The maximum absolute atomic E-state index is 5.66. The highest BCUT2D eigenvalue weighted by atomic mass is 16.3. The van der Waals surface area contributed by atoms with E-state index in [0.717, 1.165) is 16.6 Å². The molecule has 94 valence electrons. The summed E-state index contributed by atoms with van der Waals surface area (Å²) in [5, 5.41) is 0.926. The third-order valence-corrected chi connectivity index (χ3v) is 2.89. The third-order valence-electron chi connectivity index (χ3n) is 2.89. The lowest BCUT2D eigenvalue weighted by atomic mass is 10.2. The van der Waals surface area contributed by atoms with Crippen molar-refractivity contribution in [1.82, 2.24) is 4.98 Å². The first-order chi connectivity index (χ1) is 9.22. The molecule has 0 saturated carbocycles. The van der Waals surface area contributed by atoms with Gasteiger partial charge >= 0.3 is 0 Å². The normalized spacial score (nSPS) is 12.0. The van der Waals surface area contributed by atoms with Crippen LogP contribution < -0.4 is 5.55 Å². The highest BCUT2D eigenvalue weighted by Crippen LogP contribution is 2.14. The van der Waals surface area contributed by atoms with Gasteiger partial charge in [-0.3, -0.25) is 0 Å². The van der Waals surface area contributed by atoms with Gasteiger partial charge in [-0.25, -0.2) is 9.98 Å². The molecule has 19 heavy (non-hydrogen) atoms. The summed E-state index contributed by atoms with van der Waals surface area (Å²) >= 11 is 0. The Morgan fingerprint density at radius 3 is 2.68 bits per heavy atom. The lowest BCUT2D eigenvalue weighted by Crippen LogP contribution is -2.05. The van der Waals surface area contributed by atoms with Crippen molar-refractivity contribution in [3.63, 3.8) is 0 Å². The Kier molecular flexibility index (Phi) is 2.88. The summed E-state index contributed by atoms with van der Waals surface area (Å²) in [5.74, 6) is 0.616. The van der Waals surface area contributed by atoms with Crippen LogP contribution >= 0.6 is 0 Å². The standard InChI is InChI=1S/C16H14N2O/c1-11-6-5-7-13(10-11)18-16-14-8-3-4-9-15(14)17-12(2)19-16/h3-10H,1-2H3. The zero-order chi connectivity index (χ0) is 13.2. The summed E-state index contributed by atoms with van der Waals surface area (Å²) in [6.45, 7) is 3.88. The van der Waals surface area contributed by atoms with E-state index in [1.54, 1.807) is 0 Å². The molecule has 0 unspecified atom stereocenters. The Labute approximate surface area is 111 Å². The Morgan fingerprint density at radius 1 is 1.00 bits per heavy atom. The topological polar surface area (TPSA) is 38.4 Å². The van der Waals surface area contributed by atoms with Crippen LogP contribution in [-0.2, 0) is 0 Å². The van der Waals surface area contributed by atoms with Crippen molar-refractivity contribution < 1.29 is 4.42 Å². The number of hydrogen-bond donors (Lipinski definition) is 0. The SMILES string of the molecule is Cc1cccc(N=c2oc(C)nc3ccccc23)c1.